The largest absolute Gasteiger partial charge is 0.299 e. The van der Waals surface area contributed by atoms with E-state index in [-0.39, 0.29) is 24.5 Å². The molecule has 0 fully saturated rings. The Morgan fingerprint density at radius 1 is 1.29 bits per heavy atom. The third-order valence-electron chi connectivity index (χ3n) is 3.93. The molecule has 124 valence electrons. The number of rotatable bonds is 6. The molecule has 0 saturated carbocycles. The molecule has 0 saturated heterocycles. The zero-order valence-corrected chi connectivity index (χ0v) is 13.3. The molecule has 0 radical (unpaired) electrons. The van der Waals surface area contributed by atoms with Crippen LogP contribution in [0.15, 0.2) is 35.5 Å². The second kappa shape index (κ2) is 6.95. The maximum atomic E-state index is 12.8. The lowest BCUT2D eigenvalue weighted by atomic mass is 10.0. The molecule has 0 atom stereocenters. The van der Waals surface area contributed by atoms with Gasteiger partial charge in [0.05, 0.1) is 6.54 Å². The third kappa shape index (κ3) is 3.69. The fraction of sp³-hybridized carbons (Fsp3) is 0.333. The van der Waals surface area contributed by atoms with Crippen LogP contribution in [0.2, 0.25) is 0 Å². The number of hydrogen-bond donors (Lipinski definition) is 0. The van der Waals surface area contributed by atoms with Crippen molar-refractivity contribution in [1.29, 1.82) is 0 Å². The fourth-order valence-corrected chi connectivity index (χ4v) is 2.74. The van der Waals surface area contributed by atoms with Gasteiger partial charge in [0.15, 0.2) is 0 Å². The predicted octanol–water partition coefficient (Wildman–Crippen LogP) is 3.10. The van der Waals surface area contributed by atoms with Gasteiger partial charge >= 0.3 is 0 Å². The number of aryl methyl sites for hydroxylation is 2. The number of carbonyl (C=O) groups is 1. The number of aliphatic imine (C=N–C) groups is 1. The zero-order chi connectivity index (χ0) is 17.1. The van der Waals surface area contributed by atoms with E-state index < -0.39 is 6.43 Å². The van der Waals surface area contributed by atoms with Gasteiger partial charge in [-0.1, -0.05) is 6.07 Å². The standard InChI is InChI=1S/C18H17F2N3O/c1-11-3-2-4-13(23-11)5-6-15(24)8-14-7-12-9-22-17(18(19)20)16(12)10-21-14/h2-4,7,10,18H,5-6,8-9H2,1H3. The molecule has 1 aliphatic rings. The Bertz CT molecular complexity index is 803. The lowest BCUT2D eigenvalue weighted by molar-refractivity contribution is -0.118. The summed E-state index contributed by atoms with van der Waals surface area (Å²) in [5.74, 6) is 0.0544. The molecule has 24 heavy (non-hydrogen) atoms. The van der Waals surface area contributed by atoms with Crippen LogP contribution in [-0.2, 0) is 24.2 Å². The highest BCUT2D eigenvalue weighted by Crippen LogP contribution is 2.22. The zero-order valence-electron chi connectivity index (χ0n) is 13.3. The quantitative estimate of drug-likeness (QED) is 0.818. The number of aromatic nitrogens is 2. The van der Waals surface area contributed by atoms with Gasteiger partial charge in [-0.25, -0.2) is 8.78 Å². The van der Waals surface area contributed by atoms with Crippen LogP contribution in [0.25, 0.3) is 0 Å². The smallest absolute Gasteiger partial charge is 0.280 e. The van der Waals surface area contributed by atoms with Crippen molar-refractivity contribution in [2.75, 3.05) is 0 Å². The fourth-order valence-electron chi connectivity index (χ4n) is 2.74. The van der Waals surface area contributed by atoms with Gasteiger partial charge in [-0.05, 0) is 37.1 Å². The summed E-state index contributed by atoms with van der Waals surface area (Å²) < 4.78 is 25.6. The van der Waals surface area contributed by atoms with Crippen LogP contribution in [0.4, 0.5) is 8.78 Å². The molecule has 4 nitrogen and oxygen atoms in total. The van der Waals surface area contributed by atoms with Crippen LogP contribution in [0.3, 0.4) is 0 Å². The number of pyridine rings is 2. The Labute approximate surface area is 138 Å². The molecule has 0 N–H and O–H groups in total. The van der Waals surface area contributed by atoms with E-state index in [4.69, 9.17) is 0 Å². The Morgan fingerprint density at radius 3 is 2.88 bits per heavy atom. The monoisotopic (exact) mass is 329 g/mol. The summed E-state index contributed by atoms with van der Waals surface area (Å²) in [6.07, 6.45) is -0.0263. The first kappa shape index (κ1) is 16.4. The third-order valence-corrected chi connectivity index (χ3v) is 3.93. The maximum Gasteiger partial charge on any atom is 0.280 e. The van der Waals surface area contributed by atoms with Gasteiger partial charge in [0.25, 0.3) is 6.43 Å². The van der Waals surface area contributed by atoms with Crippen LogP contribution < -0.4 is 0 Å². The molecule has 0 bridgehead atoms. The molecule has 0 spiro atoms. The second-order valence-electron chi connectivity index (χ2n) is 5.82. The van der Waals surface area contributed by atoms with Crippen LogP contribution in [-0.4, -0.2) is 27.9 Å². The first-order valence-electron chi connectivity index (χ1n) is 7.78. The summed E-state index contributed by atoms with van der Waals surface area (Å²) in [6.45, 7) is 2.14. The maximum absolute atomic E-state index is 12.8. The Kier molecular flexibility index (Phi) is 4.74. The molecule has 2 aromatic heterocycles. The van der Waals surface area contributed by atoms with E-state index in [0.717, 1.165) is 11.4 Å². The van der Waals surface area contributed by atoms with E-state index >= 15 is 0 Å². The number of halogens is 2. The van der Waals surface area contributed by atoms with E-state index in [9.17, 15) is 13.6 Å². The Hall–Kier alpha value is -2.50. The van der Waals surface area contributed by atoms with E-state index in [1.807, 2.05) is 25.1 Å². The van der Waals surface area contributed by atoms with Gasteiger partial charge < -0.3 is 0 Å². The summed E-state index contributed by atoms with van der Waals surface area (Å²) in [4.78, 5) is 24.5. The Balaban J connectivity index is 1.60. The van der Waals surface area contributed by atoms with Crippen molar-refractivity contribution in [2.24, 2.45) is 4.99 Å². The first-order chi connectivity index (χ1) is 11.5. The van der Waals surface area contributed by atoms with Crippen molar-refractivity contribution in [1.82, 2.24) is 9.97 Å². The van der Waals surface area contributed by atoms with Crippen molar-refractivity contribution in [3.63, 3.8) is 0 Å². The lowest BCUT2D eigenvalue weighted by Crippen LogP contribution is -2.11. The predicted molar refractivity (Wildman–Crippen MR) is 86.5 cm³/mol. The average molecular weight is 329 g/mol. The van der Waals surface area contributed by atoms with Crippen LogP contribution in [0.1, 0.15) is 34.6 Å². The number of fused-ring (bicyclic) bond motifs is 1. The molecule has 1 aliphatic heterocycles. The summed E-state index contributed by atoms with van der Waals surface area (Å²) in [7, 11) is 0. The van der Waals surface area contributed by atoms with Gasteiger partial charge in [-0.3, -0.25) is 19.8 Å². The highest BCUT2D eigenvalue weighted by Gasteiger charge is 2.24. The normalized spacial score (nSPS) is 13.1. The summed E-state index contributed by atoms with van der Waals surface area (Å²) in [5, 5.41) is 0. The molecule has 0 aromatic carbocycles. The Morgan fingerprint density at radius 2 is 2.12 bits per heavy atom. The van der Waals surface area contributed by atoms with Crippen LogP contribution in [0.5, 0.6) is 0 Å². The van der Waals surface area contributed by atoms with Crippen molar-refractivity contribution in [2.45, 2.75) is 39.2 Å². The van der Waals surface area contributed by atoms with Crippen LogP contribution >= 0.6 is 0 Å². The van der Waals surface area contributed by atoms with E-state index in [2.05, 4.69) is 15.0 Å². The van der Waals surface area contributed by atoms with Gasteiger partial charge in [0.2, 0.25) is 0 Å². The number of carbonyl (C=O) groups excluding carboxylic acids is 1. The minimum absolute atomic E-state index is 0.0544. The van der Waals surface area contributed by atoms with Gasteiger partial charge in [0.1, 0.15) is 11.5 Å². The minimum Gasteiger partial charge on any atom is -0.299 e. The van der Waals surface area contributed by atoms with Crippen LogP contribution in [0, 0.1) is 6.92 Å². The van der Waals surface area contributed by atoms with Gasteiger partial charge in [-0.15, -0.1) is 0 Å². The highest BCUT2D eigenvalue weighted by atomic mass is 19.3. The van der Waals surface area contributed by atoms with Crippen molar-refractivity contribution < 1.29 is 13.6 Å². The molecule has 3 heterocycles. The molecule has 6 heteroatoms. The van der Waals surface area contributed by atoms with Gasteiger partial charge in [0, 0.05) is 41.7 Å². The molecule has 0 aliphatic carbocycles. The molecule has 0 unspecified atom stereocenters. The van der Waals surface area contributed by atoms with E-state index in [0.29, 0.717) is 29.7 Å². The number of nitrogens with zero attached hydrogens (tertiary/aromatic N) is 3. The van der Waals surface area contributed by atoms with Crippen molar-refractivity contribution in [3.8, 4) is 0 Å². The van der Waals surface area contributed by atoms with Gasteiger partial charge in [-0.2, -0.15) is 0 Å². The molecule has 0 amide bonds. The average Bonchev–Trinajstić information content (AvgIpc) is 2.96. The molecular formula is C18H17F2N3O. The number of Topliss-reactive ketones (excluding diaryl/α,β-unsaturated/α-hetero) is 1. The summed E-state index contributed by atoms with van der Waals surface area (Å²) in [6, 6.07) is 7.44. The molecule has 2 aromatic rings. The molecular weight excluding hydrogens is 312 g/mol. The molecule has 3 rings (SSSR count). The topological polar surface area (TPSA) is 55.2 Å². The minimum atomic E-state index is -2.60. The second-order valence-corrected chi connectivity index (χ2v) is 5.82. The number of alkyl halides is 2. The summed E-state index contributed by atoms with van der Waals surface area (Å²) >= 11 is 0. The highest BCUT2D eigenvalue weighted by molar-refractivity contribution is 6.05. The van der Waals surface area contributed by atoms with Crippen molar-refractivity contribution in [3.05, 3.63) is 58.7 Å². The van der Waals surface area contributed by atoms with E-state index in [1.165, 1.54) is 6.20 Å². The lowest BCUT2D eigenvalue weighted by Gasteiger charge is -2.05. The van der Waals surface area contributed by atoms with Crippen molar-refractivity contribution >= 4 is 11.5 Å². The van der Waals surface area contributed by atoms with E-state index in [1.54, 1.807) is 6.07 Å². The number of hydrogen-bond acceptors (Lipinski definition) is 4. The first-order valence-corrected chi connectivity index (χ1v) is 7.78. The summed E-state index contributed by atoms with van der Waals surface area (Å²) in [5.41, 5.74) is 3.31. The SMILES string of the molecule is Cc1cccc(CCC(=O)Cc2cc3c(cn2)C(C(F)F)=NC3)n1. The number of ketones is 1.